The lowest BCUT2D eigenvalue weighted by Gasteiger charge is -2.47. The molecule has 0 radical (unpaired) electrons. The molecule has 0 bridgehead atoms. The first-order valence-corrected chi connectivity index (χ1v) is 27.9. The maximum Gasteiger partial charge on any atom is 0.252 e. The largest absolute Gasteiger partial charge is 0.311 e. The maximum atomic E-state index is 2.72. The van der Waals surface area contributed by atoms with Gasteiger partial charge in [-0.3, -0.25) is 0 Å². The van der Waals surface area contributed by atoms with Gasteiger partial charge in [-0.25, -0.2) is 0 Å². The summed E-state index contributed by atoms with van der Waals surface area (Å²) >= 11 is 0. The number of anilines is 9. The number of rotatable bonds is 5. The van der Waals surface area contributed by atoms with Crippen molar-refractivity contribution in [3.8, 4) is 11.1 Å². The zero-order valence-corrected chi connectivity index (χ0v) is 47.1. The molecular formula is C71H74BN3. The normalized spacial score (nSPS) is 18.3. The summed E-state index contributed by atoms with van der Waals surface area (Å²) in [4.78, 5) is 7.86. The highest BCUT2D eigenvalue weighted by Gasteiger charge is 2.50. The molecule has 5 aliphatic rings. The molecule has 13 rings (SSSR count). The fraction of sp³-hybridized carbons (Fsp3) is 0.324. The van der Waals surface area contributed by atoms with E-state index in [1.165, 1.54) is 119 Å². The van der Waals surface area contributed by atoms with Gasteiger partial charge >= 0.3 is 0 Å². The van der Waals surface area contributed by atoms with Gasteiger partial charge in [-0.2, -0.15) is 0 Å². The molecule has 75 heavy (non-hydrogen) atoms. The third kappa shape index (κ3) is 6.99. The van der Waals surface area contributed by atoms with Crippen molar-refractivity contribution in [3.63, 3.8) is 0 Å². The predicted molar refractivity (Wildman–Crippen MR) is 322 cm³/mol. The van der Waals surface area contributed by atoms with Crippen LogP contribution in [0.25, 0.3) is 11.1 Å². The summed E-state index contributed by atoms with van der Waals surface area (Å²) in [6.45, 7) is 34.3. The van der Waals surface area contributed by atoms with E-state index in [0.717, 1.165) is 23.5 Å². The Morgan fingerprint density at radius 2 is 1.01 bits per heavy atom. The Balaban J connectivity index is 1.15. The number of hydrogen-bond acceptors (Lipinski definition) is 3. The number of fused-ring (bicyclic) bond motifs is 9. The van der Waals surface area contributed by atoms with Gasteiger partial charge in [0.2, 0.25) is 0 Å². The topological polar surface area (TPSA) is 9.72 Å². The summed E-state index contributed by atoms with van der Waals surface area (Å²) in [5.41, 5.74) is 29.1. The van der Waals surface area contributed by atoms with Crippen molar-refractivity contribution in [2.75, 3.05) is 14.7 Å². The fourth-order valence-electron chi connectivity index (χ4n) is 15.4. The minimum atomic E-state index is -0.208. The van der Waals surface area contributed by atoms with E-state index in [9.17, 15) is 0 Å². The van der Waals surface area contributed by atoms with E-state index in [4.69, 9.17) is 0 Å². The second-order valence-electron chi connectivity index (χ2n) is 27.3. The molecule has 0 spiro atoms. The molecule has 0 fully saturated rings. The highest BCUT2D eigenvalue weighted by molar-refractivity contribution is 7.00. The molecule has 0 N–H and O–H groups in total. The lowest BCUT2D eigenvalue weighted by molar-refractivity contribution is 0.332. The minimum absolute atomic E-state index is 0.0184. The van der Waals surface area contributed by atoms with Crippen molar-refractivity contribution in [2.24, 2.45) is 0 Å². The smallest absolute Gasteiger partial charge is 0.252 e. The Hall–Kier alpha value is -6.78. The number of aryl methyl sites for hydroxylation is 1. The lowest BCUT2D eigenvalue weighted by atomic mass is 9.33. The van der Waals surface area contributed by atoms with E-state index < -0.39 is 0 Å². The van der Waals surface area contributed by atoms with Gasteiger partial charge < -0.3 is 14.7 Å². The second kappa shape index (κ2) is 15.9. The summed E-state index contributed by atoms with van der Waals surface area (Å²) < 4.78 is 0. The predicted octanol–water partition coefficient (Wildman–Crippen LogP) is 17.5. The van der Waals surface area contributed by atoms with Crippen molar-refractivity contribution in [3.05, 3.63) is 202 Å². The Morgan fingerprint density at radius 1 is 0.440 bits per heavy atom. The number of para-hydroxylation sites is 2. The van der Waals surface area contributed by atoms with Crippen LogP contribution in [-0.4, -0.2) is 6.71 Å². The van der Waals surface area contributed by atoms with Gasteiger partial charge in [0.05, 0.1) is 5.69 Å². The van der Waals surface area contributed by atoms with E-state index in [-0.39, 0.29) is 39.2 Å². The molecule has 376 valence electrons. The molecule has 3 aliphatic carbocycles. The van der Waals surface area contributed by atoms with Crippen LogP contribution in [0.1, 0.15) is 154 Å². The molecule has 3 nitrogen and oxygen atoms in total. The lowest BCUT2D eigenvalue weighted by Crippen LogP contribution is -2.61. The van der Waals surface area contributed by atoms with Crippen LogP contribution in [0.15, 0.2) is 158 Å². The van der Waals surface area contributed by atoms with E-state index in [1.54, 1.807) is 0 Å². The minimum Gasteiger partial charge on any atom is -0.311 e. The van der Waals surface area contributed by atoms with Crippen LogP contribution in [0.3, 0.4) is 0 Å². The molecule has 8 aromatic rings. The standard InChI is InChI=1S/C71H74BN3/c1-44-37-61-65-62(38-44)75(58-34-31-50-49-27-21-22-28-51(49)71(13,14)63(50)64(58)66(2,3)4)59-40-48(73(45-23-17-15-18-24-45)46-25-19-16-20-26-46)30-33-56(59)72(65)57-41-54-55(70(11,12)43-69(54,9)10)42-60(57)74(61)47-29-32-52-53(39-47)68(7,8)36-35-67(52,5)6/h15-34,37-42H,35-36,43H2,1-14H3. The SMILES string of the molecule is Cc1cc2c3c(c1)N(c1ccc4c(c1C(C)(C)C)C(C)(C)c1ccccc1-4)c1cc(N(c4ccccc4)c4ccccc4)ccc1B3c1cc3c(cc1N2c1ccc2c(c1)C(C)(C)CCC2(C)C)C(C)(C)CC3(C)C. The second-order valence-corrected chi connectivity index (χ2v) is 27.3. The quantitative estimate of drug-likeness (QED) is 0.159. The molecule has 2 heterocycles. The van der Waals surface area contributed by atoms with Gasteiger partial charge in [0, 0.05) is 50.9 Å². The Labute approximate surface area is 448 Å². The molecular weight excluding hydrogens is 906 g/mol. The van der Waals surface area contributed by atoms with Gasteiger partial charge in [-0.15, -0.1) is 0 Å². The molecule has 0 unspecified atom stereocenters. The first-order chi connectivity index (χ1) is 35.5. The van der Waals surface area contributed by atoms with Crippen LogP contribution < -0.4 is 31.1 Å². The first kappa shape index (κ1) is 47.9. The number of nitrogens with zero attached hydrogens (tertiary/aromatic N) is 3. The van der Waals surface area contributed by atoms with E-state index >= 15 is 0 Å². The summed E-state index contributed by atoms with van der Waals surface area (Å²) in [5.74, 6) is 0. The molecule has 2 aliphatic heterocycles. The van der Waals surface area contributed by atoms with Crippen molar-refractivity contribution in [1.82, 2.24) is 0 Å². The molecule has 0 saturated heterocycles. The average Bonchev–Trinajstić information content (AvgIpc) is 3.77. The summed E-state index contributed by atoms with van der Waals surface area (Å²) in [6.07, 6.45) is 3.47. The molecule has 0 amide bonds. The van der Waals surface area contributed by atoms with Crippen LogP contribution in [-0.2, 0) is 32.5 Å². The zero-order chi connectivity index (χ0) is 52.5. The Morgan fingerprint density at radius 3 is 1.67 bits per heavy atom. The third-order valence-corrected chi connectivity index (χ3v) is 18.7. The molecule has 0 aromatic heterocycles. The summed E-state index contributed by atoms with van der Waals surface area (Å²) in [6, 6.07) is 61.3. The van der Waals surface area contributed by atoms with Crippen LogP contribution in [0.2, 0.25) is 0 Å². The monoisotopic (exact) mass is 980 g/mol. The Kier molecular flexibility index (Phi) is 10.1. The van der Waals surface area contributed by atoms with Gasteiger partial charge in [-0.1, -0.05) is 175 Å². The first-order valence-electron chi connectivity index (χ1n) is 27.9. The van der Waals surface area contributed by atoms with E-state index in [0.29, 0.717) is 0 Å². The van der Waals surface area contributed by atoms with Crippen LogP contribution >= 0.6 is 0 Å². The summed E-state index contributed by atoms with van der Waals surface area (Å²) in [7, 11) is 0. The van der Waals surface area contributed by atoms with Crippen molar-refractivity contribution >= 4 is 74.3 Å². The van der Waals surface area contributed by atoms with Gasteiger partial charge in [0.15, 0.2) is 0 Å². The average molecular weight is 980 g/mol. The van der Waals surface area contributed by atoms with Crippen molar-refractivity contribution in [1.29, 1.82) is 0 Å². The maximum absolute atomic E-state index is 2.72. The van der Waals surface area contributed by atoms with E-state index in [2.05, 4.69) is 269 Å². The van der Waals surface area contributed by atoms with Crippen molar-refractivity contribution in [2.45, 2.75) is 149 Å². The number of benzene rings is 8. The van der Waals surface area contributed by atoms with Gasteiger partial charge in [0.1, 0.15) is 0 Å². The van der Waals surface area contributed by atoms with Gasteiger partial charge in [0.25, 0.3) is 6.71 Å². The van der Waals surface area contributed by atoms with Crippen LogP contribution in [0.4, 0.5) is 51.2 Å². The van der Waals surface area contributed by atoms with Crippen LogP contribution in [0, 0.1) is 6.92 Å². The highest BCUT2D eigenvalue weighted by Crippen LogP contribution is 2.58. The zero-order valence-electron chi connectivity index (χ0n) is 47.1. The van der Waals surface area contributed by atoms with Gasteiger partial charge in [-0.05, 0) is 198 Å². The van der Waals surface area contributed by atoms with E-state index in [1.807, 2.05) is 0 Å². The highest BCUT2D eigenvalue weighted by atomic mass is 15.2. The molecule has 4 heteroatoms. The Bertz CT molecular complexity index is 3640. The summed E-state index contributed by atoms with van der Waals surface area (Å²) in [5, 5.41) is 0. The number of hydrogen-bond donors (Lipinski definition) is 0. The molecule has 0 atom stereocenters. The van der Waals surface area contributed by atoms with Crippen LogP contribution in [0.5, 0.6) is 0 Å². The van der Waals surface area contributed by atoms with Crippen molar-refractivity contribution < 1.29 is 0 Å². The fourth-order valence-corrected chi connectivity index (χ4v) is 15.4. The molecule has 8 aromatic carbocycles. The third-order valence-electron chi connectivity index (χ3n) is 18.7. The molecule has 0 saturated carbocycles.